The molecule has 0 bridgehead atoms. The Labute approximate surface area is 110 Å². The molecule has 2 aromatic rings. The minimum Gasteiger partial charge on any atom is -0.0616 e. The van der Waals surface area contributed by atoms with E-state index in [0.29, 0.717) is 5.41 Å². The van der Waals surface area contributed by atoms with Crippen molar-refractivity contribution in [1.82, 2.24) is 0 Å². The molecule has 94 valence electrons. The van der Waals surface area contributed by atoms with Crippen LogP contribution in [0.1, 0.15) is 50.2 Å². The Morgan fingerprint density at radius 3 is 2.39 bits per heavy atom. The largest absolute Gasteiger partial charge is 0.0616 e. The predicted octanol–water partition coefficient (Wildman–Crippen LogP) is 5.37. The first-order chi connectivity index (χ1) is 8.71. The van der Waals surface area contributed by atoms with E-state index < -0.39 is 0 Å². The fraction of sp³-hybridized carbons (Fsp3) is 0.444. The lowest BCUT2D eigenvalue weighted by molar-refractivity contribution is 0.320. The van der Waals surface area contributed by atoms with Crippen LogP contribution in [0.4, 0.5) is 0 Å². The molecule has 0 aliphatic heterocycles. The molecule has 0 unspecified atom stereocenters. The van der Waals surface area contributed by atoms with Crippen LogP contribution < -0.4 is 0 Å². The van der Waals surface area contributed by atoms with Gasteiger partial charge in [-0.05, 0) is 47.1 Å². The van der Waals surface area contributed by atoms with Crippen LogP contribution >= 0.6 is 0 Å². The average Bonchev–Trinajstić information content (AvgIpc) is 2.39. The summed E-state index contributed by atoms with van der Waals surface area (Å²) in [6, 6.07) is 13.4. The van der Waals surface area contributed by atoms with Crippen molar-refractivity contribution in [3.05, 3.63) is 47.5 Å². The fourth-order valence-corrected chi connectivity index (χ4v) is 3.76. The molecule has 0 heteroatoms. The summed E-state index contributed by atoms with van der Waals surface area (Å²) in [6.45, 7) is 4.75. The van der Waals surface area contributed by atoms with Gasteiger partial charge in [0.25, 0.3) is 0 Å². The summed E-state index contributed by atoms with van der Waals surface area (Å²) in [5.74, 6) is 0. The molecule has 0 N–H and O–H groups in total. The highest BCUT2D eigenvalue weighted by molar-refractivity contribution is 5.87. The van der Waals surface area contributed by atoms with E-state index in [1.807, 2.05) is 0 Å². The Balaban J connectivity index is 2.23. The van der Waals surface area contributed by atoms with Crippen molar-refractivity contribution in [2.24, 2.45) is 0 Å². The van der Waals surface area contributed by atoms with E-state index in [2.05, 4.69) is 50.2 Å². The monoisotopic (exact) mass is 238 g/mol. The second-order valence-electron chi connectivity index (χ2n) is 6.10. The molecule has 0 aromatic heterocycles. The van der Waals surface area contributed by atoms with E-state index in [-0.39, 0.29) is 0 Å². The number of hydrogen-bond donors (Lipinski definition) is 0. The molecule has 18 heavy (non-hydrogen) atoms. The van der Waals surface area contributed by atoms with Crippen LogP contribution in [0.25, 0.3) is 10.8 Å². The molecular weight excluding hydrogens is 216 g/mol. The standard InChI is InChI=1S/C18H22/c1-14-10-11-15-8-4-5-9-16(15)17(14)18(2)12-6-3-7-13-18/h4-5,8-11H,3,6-7,12-13H2,1-2H3. The van der Waals surface area contributed by atoms with Gasteiger partial charge in [0.05, 0.1) is 0 Å². The summed E-state index contributed by atoms with van der Waals surface area (Å²) in [4.78, 5) is 0. The van der Waals surface area contributed by atoms with Gasteiger partial charge >= 0.3 is 0 Å². The minimum absolute atomic E-state index is 0.392. The van der Waals surface area contributed by atoms with Crippen LogP contribution in [0.2, 0.25) is 0 Å². The SMILES string of the molecule is Cc1ccc2ccccc2c1C1(C)CCCCC1. The molecule has 0 spiro atoms. The van der Waals surface area contributed by atoms with E-state index in [0.717, 1.165) is 0 Å². The molecule has 1 aliphatic carbocycles. The van der Waals surface area contributed by atoms with Gasteiger partial charge in [-0.25, -0.2) is 0 Å². The van der Waals surface area contributed by atoms with Gasteiger partial charge < -0.3 is 0 Å². The minimum atomic E-state index is 0.392. The fourth-order valence-electron chi connectivity index (χ4n) is 3.76. The third kappa shape index (κ3) is 1.84. The summed E-state index contributed by atoms with van der Waals surface area (Å²) in [7, 11) is 0. The first-order valence-corrected chi connectivity index (χ1v) is 7.20. The van der Waals surface area contributed by atoms with Gasteiger partial charge in [-0.1, -0.05) is 62.6 Å². The number of benzene rings is 2. The summed E-state index contributed by atoms with van der Waals surface area (Å²) in [5, 5.41) is 2.87. The lowest BCUT2D eigenvalue weighted by Crippen LogP contribution is -2.26. The van der Waals surface area contributed by atoms with Gasteiger partial charge in [-0.3, -0.25) is 0 Å². The van der Waals surface area contributed by atoms with Crippen molar-refractivity contribution < 1.29 is 0 Å². The molecule has 1 fully saturated rings. The van der Waals surface area contributed by atoms with Gasteiger partial charge in [0, 0.05) is 0 Å². The van der Waals surface area contributed by atoms with Crippen LogP contribution in [0.3, 0.4) is 0 Å². The van der Waals surface area contributed by atoms with Crippen molar-refractivity contribution in [3.8, 4) is 0 Å². The van der Waals surface area contributed by atoms with E-state index >= 15 is 0 Å². The molecule has 2 aromatic carbocycles. The molecule has 1 aliphatic rings. The van der Waals surface area contributed by atoms with Crippen molar-refractivity contribution in [1.29, 1.82) is 0 Å². The zero-order valence-corrected chi connectivity index (χ0v) is 11.5. The Bertz CT molecular complexity index is 559. The normalized spacial score (nSPS) is 19.0. The van der Waals surface area contributed by atoms with Crippen LogP contribution in [0.5, 0.6) is 0 Å². The number of fused-ring (bicyclic) bond motifs is 1. The van der Waals surface area contributed by atoms with Gasteiger partial charge in [-0.15, -0.1) is 0 Å². The zero-order valence-electron chi connectivity index (χ0n) is 11.5. The first-order valence-electron chi connectivity index (χ1n) is 7.20. The molecule has 0 radical (unpaired) electrons. The third-order valence-electron chi connectivity index (χ3n) is 4.70. The molecule has 1 saturated carbocycles. The Morgan fingerprint density at radius 2 is 1.61 bits per heavy atom. The Kier molecular flexibility index (Phi) is 2.89. The van der Waals surface area contributed by atoms with Crippen LogP contribution in [-0.2, 0) is 5.41 Å². The van der Waals surface area contributed by atoms with Crippen LogP contribution in [-0.4, -0.2) is 0 Å². The van der Waals surface area contributed by atoms with Crippen LogP contribution in [0.15, 0.2) is 36.4 Å². The number of hydrogen-bond acceptors (Lipinski definition) is 0. The second kappa shape index (κ2) is 4.42. The maximum absolute atomic E-state index is 2.47. The maximum atomic E-state index is 2.47. The van der Waals surface area contributed by atoms with Crippen LogP contribution in [0, 0.1) is 6.92 Å². The van der Waals surface area contributed by atoms with E-state index in [4.69, 9.17) is 0 Å². The summed E-state index contributed by atoms with van der Waals surface area (Å²) < 4.78 is 0. The highest BCUT2D eigenvalue weighted by Crippen LogP contribution is 2.43. The molecule has 0 amide bonds. The highest BCUT2D eigenvalue weighted by Gasteiger charge is 2.31. The topological polar surface area (TPSA) is 0 Å². The van der Waals surface area contributed by atoms with E-state index in [1.165, 1.54) is 48.4 Å². The van der Waals surface area contributed by atoms with Crippen molar-refractivity contribution in [3.63, 3.8) is 0 Å². The second-order valence-corrected chi connectivity index (χ2v) is 6.10. The van der Waals surface area contributed by atoms with E-state index in [9.17, 15) is 0 Å². The lowest BCUT2D eigenvalue weighted by Gasteiger charge is -2.36. The predicted molar refractivity (Wildman–Crippen MR) is 79.1 cm³/mol. The van der Waals surface area contributed by atoms with Crippen molar-refractivity contribution in [2.45, 2.75) is 51.4 Å². The molecule has 0 atom stereocenters. The van der Waals surface area contributed by atoms with Crippen molar-refractivity contribution >= 4 is 10.8 Å². The van der Waals surface area contributed by atoms with Crippen molar-refractivity contribution in [2.75, 3.05) is 0 Å². The quantitative estimate of drug-likeness (QED) is 0.626. The smallest absolute Gasteiger partial charge is 0.00665 e. The molecular formula is C18H22. The Hall–Kier alpha value is -1.30. The van der Waals surface area contributed by atoms with E-state index in [1.54, 1.807) is 5.56 Å². The summed E-state index contributed by atoms with van der Waals surface area (Å²) in [6.07, 6.45) is 6.89. The number of aryl methyl sites for hydroxylation is 1. The molecule has 3 rings (SSSR count). The molecule has 0 nitrogen and oxygen atoms in total. The third-order valence-corrected chi connectivity index (χ3v) is 4.70. The number of rotatable bonds is 1. The van der Waals surface area contributed by atoms with Gasteiger partial charge in [0.2, 0.25) is 0 Å². The first kappa shape index (κ1) is 11.8. The lowest BCUT2D eigenvalue weighted by atomic mass is 9.68. The highest BCUT2D eigenvalue weighted by atomic mass is 14.3. The molecule has 0 heterocycles. The van der Waals surface area contributed by atoms with Gasteiger partial charge in [0.1, 0.15) is 0 Å². The Morgan fingerprint density at radius 1 is 0.889 bits per heavy atom. The average molecular weight is 238 g/mol. The van der Waals surface area contributed by atoms with Gasteiger partial charge in [0.15, 0.2) is 0 Å². The van der Waals surface area contributed by atoms with Gasteiger partial charge in [-0.2, -0.15) is 0 Å². The zero-order chi connectivity index (χ0) is 12.6. The summed E-state index contributed by atoms with van der Waals surface area (Å²) >= 11 is 0. The maximum Gasteiger partial charge on any atom is -0.00665 e. The molecule has 0 saturated heterocycles. The summed E-state index contributed by atoms with van der Waals surface area (Å²) in [5.41, 5.74) is 3.47.